The highest BCUT2D eigenvalue weighted by atomic mass is 32.2. The summed E-state index contributed by atoms with van der Waals surface area (Å²) in [5, 5.41) is 9.22. The Balaban J connectivity index is 1.65. The molecule has 0 unspecified atom stereocenters. The summed E-state index contributed by atoms with van der Waals surface area (Å²) in [5.41, 5.74) is 2.23. The molecule has 1 aromatic heterocycles. The van der Waals surface area contributed by atoms with E-state index < -0.39 is 0 Å². The number of amides is 1. The van der Waals surface area contributed by atoms with E-state index in [0.717, 1.165) is 16.5 Å². The molecule has 7 heteroatoms. The van der Waals surface area contributed by atoms with Gasteiger partial charge in [-0.2, -0.15) is 0 Å². The number of rotatable bonds is 4. The molecule has 2 heterocycles. The van der Waals surface area contributed by atoms with Gasteiger partial charge in [-0.1, -0.05) is 41.6 Å². The lowest BCUT2D eigenvalue weighted by molar-refractivity contribution is -0.132. The molecule has 23 heavy (non-hydrogen) atoms. The molecule has 0 bridgehead atoms. The summed E-state index contributed by atoms with van der Waals surface area (Å²) in [6.07, 6.45) is 0. The van der Waals surface area contributed by atoms with Crippen LogP contribution in [-0.2, 0) is 16.6 Å². The number of ether oxygens (including phenoxy) is 1. The summed E-state index contributed by atoms with van der Waals surface area (Å²) in [5.74, 6) is 1.31. The van der Waals surface area contributed by atoms with Crippen molar-refractivity contribution in [2.75, 3.05) is 32.1 Å². The molecule has 0 spiro atoms. The maximum absolute atomic E-state index is 12.2. The number of morpholine rings is 1. The van der Waals surface area contributed by atoms with E-state index in [-0.39, 0.29) is 5.91 Å². The number of carbonyl (C=O) groups is 1. The van der Waals surface area contributed by atoms with Crippen LogP contribution in [0.1, 0.15) is 5.56 Å². The van der Waals surface area contributed by atoms with Crippen LogP contribution in [0.25, 0.3) is 11.4 Å². The fourth-order valence-electron chi connectivity index (χ4n) is 2.42. The van der Waals surface area contributed by atoms with Gasteiger partial charge in [0.15, 0.2) is 11.0 Å². The van der Waals surface area contributed by atoms with E-state index >= 15 is 0 Å². The fourth-order valence-corrected chi connectivity index (χ4v) is 3.24. The lowest BCUT2D eigenvalue weighted by Gasteiger charge is -2.26. The van der Waals surface area contributed by atoms with Crippen LogP contribution < -0.4 is 0 Å². The molecule has 1 saturated heterocycles. The lowest BCUT2D eigenvalue weighted by Crippen LogP contribution is -2.41. The van der Waals surface area contributed by atoms with E-state index in [4.69, 9.17) is 4.74 Å². The van der Waals surface area contributed by atoms with Crippen LogP contribution in [0.3, 0.4) is 0 Å². The van der Waals surface area contributed by atoms with Crippen LogP contribution in [-0.4, -0.2) is 57.6 Å². The standard InChI is InChI=1S/C16H20N4O2S/c1-12-3-5-13(6-4-12)15-17-18-16(19(15)2)23-11-14(21)20-7-9-22-10-8-20/h3-6H,7-11H2,1-2H3. The van der Waals surface area contributed by atoms with E-state index in [1.54, 1.807) is 0 Å². The zero-order chi connectivity index (χ0) is 16.2. The molecule has 0 radical (unpaired) electrons. The predicted octanol–water partition coefficient (Wildman–Crippen LogP) is 1.74. The van der Waals surface area contributed by atoms with Crippen molar-refractivity contribution in [1.82, 2.24) is 19.7 Å². The van der Waals surface area contributed by atoms with Crippen LogP contribution >= 0.6 is 11.8 Å². The SMILES string of the molecule is Cc1ccc(-c2nnc(SCC(=O)N3CCOCC3)n2C)cc1. The van der Waals surface area contributed by atoms with Crippen molar-refractivity contribution in [3.8, 4) is 11.4 Å². The third-order valence-corrected chi connectivity index (χ3v) is 4.84. The van der Waals surface area contributed by atoms with Crippen LogP contribution in [0.2, 0.25) is 0 Å². The highest BCUT2D eigenvalue weighted by Crippen LogP contribution is 2.23. The van der Waals surface area contributed by atoms with Gasteiger partial charge in [0.2, 0.25) is 5.91 Å². The minimum absolute atomic E-state index is 0.123. The average Bonchev–Trinajstić information content (AvgIpc) is 2.95. The van der Waals surface area contributed by atoms with Gasteiger partial charge < -0.3 is 14.2 Å². The van der Waals surface area contributed by atoms with Crippen molar-refractivity contribution in [2.24, 2.45) is 7.05 Å². The first-order valence-electron chi connectivity index (χ1n) is 7.60. The number of aromatic nitrogens is 3. The Bertz CT molecular complexity index is 678. The quantitative estimate of drug-likeness (QED) is 0.798. The third kappa shape index (κ3) is 3.73. The van der Waals surface area contributed by atoms with Crippen LogP contribution in [0, 0.1) is 6.92 Å². The third-order valence-electron chi connectivity index (χ3n) is 3.83. The van der Waals surface area contributed by atoms with Crippen molar-refractivity contribution < 1.29 is 9.53 Å². The molecule has 122 valence electrons. The Morgan fingerprint density at radius 1 is 1.22 bits per heavy atom. The van der Waals surface area contributed by atoms with Gasteiger partial charge in [-0.3, -0.25) is 4.79 Å². The largest absolute Gasteiger partial charge is 0.378 e. The van der Waals surface area contributed by atoms with Gasteiger partial charge in [-0.15, -0.1) is 10.2 Å². The minimum Gasteiger partial charge on any atom is -0.378 e. The summed E-state index contributed by atoms with van der Waals surface area (Å²) in [7, 11) is 1.93. The smallest absolute Gasteiger partial charge is 0.233 e. The summed E-state index contributed by atoms with van der Waals surface area (Å²) < 4.78 is 7.20. The summed E-state index contributed by atoms with van der Waals surface area (Å²) >= 11 is 1.42. The average molecular weight is 332 g/mol. The monoisotopic (exact) mass is 332 g/mol. The molecule has 1 fully saturated rings. The van der Waals surface area contributed by atoms with Gasteiger partial charge in [0.05, 0.1) is 19.0 Å². The highest BCUT2D eigenvalue weighted by Gasteiger charge is 2.18. The van der Waals surface area contributed by atoms with Crippen LogP contribution in [0.5, 0.6) is 0 Å². The Hall–Kier alpha value is -1.86. The van der Waals surface area contributed by atoms with E-state index in [9.17, 15) is 4.79 Å². The number of nitrogens with zero attached hydrogens (tertiary/aromatic N) is 4. The number of carbonyl (C=O) groups excluding carboxylic acids is 1. The van der Waals surface area contributed by atoms with Gasteiger partial charge in [0.25, 0.3) is 0 Å². The maximum Gasteiger partial charge on any atom is 0.233 e. The molecule has 1 aromatic carbocycles. The number of hydrogen-bond donors (Lipinski definition) is 0. The van der Waals surface area contributed by atoms with Crippen LogP contribution in [0.15, 0.2) is 29.4 Å². The van der Waals surface area contributed by atoms with Crippen molar-refractivity contribution >= 4 is 17.7 Å². The van der Waals surface area contributed by atoms with Crippen molar-refractivity contribution in [3.05, 3.63) is 29.8 Å². The topological polar surface area (TPSA) is 60.3 Å². The van der Waals surface area contributed by atoms with E-state index in [1.807, 2.05) is 28.6 Å². The summed E-state index contributed by atoms with van der Waals surface area (Å²) in [6.45, 7) is 4.65. The van der Waals surface area contributed by atoms with Gasteiger partial charge in [-0.05, 0) is 6.92 Å². The Labute approximate surface area is 139 Å². The zero-order valence-electron chi connectivity index (χ0n) is 13.4. The molecule has 0 atom stereocenters. The molecule has 0 aliphatic carbocycles. The molecular weight excluding hydrogens is 312 g/mol. The Morgan fingerprint density at radius 3 is 2.61 bits per heavy atom. The first-order chi connectivity index (χ1) is 11.1. The molecule has 6 nitrogen and oxygen atoms in total. The fraction of sp³-hybridized carbons (Fsp3) is 0.438. The summed E-state index contributed by atoms with van der Waals surface area (Å²) in [4.78, 5) is 14.0. The van der Waals surface area contributed by atoms with E-state index in [1.165, 1.54) is 17.3 Å². The molecule has 0 saturated carbocycles. The molecule has 1 aliphatic rings. The Kier molecular flexibility index (Phi) is 4.97. The second kappa shape index (κ2) is 7.14. The number of thioether (sulfide) groups is 1. The summed E-state index contributed by atoms with van der Waals surface area (Å²) in [6, 6.07) is 8.18. The number of hydrogen-bond acceptors (Lipinski definition) is 5. The Morgan fingerprint density at radius 2 is 1.91 bits per heavy atom. The maximum atomic E-state index is 12.2. The van der Waals surface area contributed by atoms with Gasteiger partial charge >= 0.3 is 0 Å². The molecular formula is C16H20N4O2S. The minimum atomic E-state index is 0.123. The molecule has 1 amide bonds. The highest BCUT2D eigenvalue weighted by molar-refractivity contribution is 7.99. The molecule has 1 aliphatic heterocycles. The first-order valence-corrected chi connectivity index (χ1v) is 8.58. The molecule has 2 aromatic rings. The van der Waals surface area contributed by atoms with Crippen molar-refractivity contribution in [3.63, 3.8) is 0 Å². The van der Waals surface area contributed by atoms with Crippen LogP contribution in [0.4, 0.5) is 0 Å². The van der Waals surface area contributed by atoms with E-state index in [2.05, 4.69) is 29.3 Å². The van der Waals surface area contributed by atoms with E-state index in [0.29, 0.717) is 32.1 Å². The lowest BCUT2D eigenvalue weighted by atomic mass is 10.1. The molecule has 3 rings (SSSR count). The predicted molar refractivity (Wildman–Crippen MR) is 89.3 cm³/mol. The molecule has 0 N–H and O–H groups in total. The normalized spacial score (nSPS) is 15.0. The first kappa shape index (κ1) is 16.0. The van der Waals surface area contributed by atoms with Crippen molar-refractivity contribution in [2.45, 2.75) is 12.1 Å². The number of benzene rings is 1. The van der Waals surface area contributed by atoms with Gasteiger partial charge in [0, 0.05) is 25.7 Å². The number of aryl methyl sites for hydroxylation is 1. The second-order valence-electron chi connectivity index (χ2n) is 5.51. The second-order valence-corrected chi connectivity index (χ2v) is 6.46. The zero-order valence-corrected chi connectivity index (χ0v) is 14.2. The van der Waals surface area contributed by atoms with Gasteiger partial charge in [0.1, 0.15) is 0 Å². The van der Waals surface area contributed by atoms with Crippen molar-refractivity contribution in [1.29, 1.82) is 0 Å². The van der Waals surface area contributed by atoms with Gasteiger partial charge in [-0.25, -0.2) is 0 Å².